The number of piperidine rings is 1. The Morgan fingerprint density at radius 2 is 1.80 bits per heavy atom. The summed E-state index contributed by atoms with van der Waals surface area (Å²) in [5, 5.41) is 6.97. The fourth-order valence-electron chi connectivity index (χ4n) is 4.88. The van der Waals surface area contributed by atoms with Gasteiger partial charge in [-0.2, -0.15) is 4.98 Å². The fraction of sp³-hybridized carbons (Fsp3) is 0.321. The molecular formula is C28H34N8O3S. The molecule has 0 amide bonds. The van der Waals surface area contributed by atoms with Gasteiger partial charge in [-0.25, -0.2) is 13.2 Å². The molecule has 1 aliphatic heterocycles. The van der Waals surface area contributed by atoms with Crippen LogP contribution in [0.4, 0.5) is 0 Å². The summed E-state index contributed by atoms with van der Waals surface area (Å²) in [5.74, 6) is 0.101. The molecule has 2 aromatic carbocycles. The number of nitrogens with two attached hydrogens (primary N) is 2. The van der Waals surface area contributed by atoms with E-state index in [1.54, 1.807) is 30.5 Å². The highest BCUT2D eigenvalue weighted by molar-refractivity contribution is 7.92. The zero-order valence-electron chi connectivity index (χ0n) is 22.1. The minimum atomic E-state index is -3.37. The molecular weight excluding hydrogens is 528 g/mol. The van der Waals surface area contributed by atoms with Gasteiger partial charge in [0.1, 0.15) is 5.65 Å². The number of rotatable bonds is 10. The van der Waals surface area contributed by atoms with Gasteiger partial charge in [0, 0.05) is 30.4 Å². The number of guanidine groups is 1. The zero-order chi connectivity index (χ0) is 28.1. The standard InChI is InChI=1S/C28H34N8O3S/c29-27(30)33-13-1-12-32-17-19-2-6-22(7-3-19)36-18-21-16-25(34-26(21)35-28(36)37)20-4-8-23(9-5-20)40(38,39)24-10-14-31-15-11-24/h2-9,16,18,24,31-32H,1,10-15,17H2,(H4,29,30,33)(H,34,35,37). The summed E-state index contributed by atoms with van der Waals surface area (Å²) in [6.45, 7) is 3.49. The number of fused-ring (bicyclic) bond motifs is 1. The van der Waals surface area contributed by atoms with E-state index in [2.05, 4.69) is 25.6 Å². The Labute approximate surface area is 232 Å². The first-order valence-corrected chi connectivity index (χ1v) is 14.9. The topological polar surface area (TPSA) is 173 Å². The number of H-pyrrole nitrogens is 1. The van der Waals surface area contributed by atoms with Gasteiger partial charge >= 0.3 is 5.69 Å². The molecule has 1 fully saturated rings. The Morgan fingerprint density at radius 1 is 1.07 bits per heavy atom. The highest BCUT2D eigenvalue weighted by Crippen LogP contribution is 2.27. The van der Waals surface area contributed by atoms with Crippen molar-refractivity contribution in [1.82, 2.24) is 25.2 Å². The average Bonchev–Trinajstić information content (AvgIpc) is 3.38. The summed E-state index contributed by atoms with van der Waals surface area (Å²) >= 11 is 0. The molecule has 0 aliphatic carbocycles. The number of nitrogens with one attached hydrogen (secondary N) is 3. The lowest BCUT2D eigenvalue weighted by atomic mass is 10.1. The van der Waals surface area contributed by atoms with Gasteiger partial charge in [0.25, 0.3) is 0 Å². The fourth-order valence-corrected chi connectivity index (χ4v) is 6.63. The van der Waals surface area contributed by atoms with Crippen LogP contribution in [0.1, 0.15) is 24.8 Å². The molecule has 0 bridgehead atoms. The summed E-state index contributed by atoms with van der Waals surface area (Å²) in [6.07, 6.45) is 3.84. The van der Waals surface area contributed by atoms with Crippen LogP contribution in [-0.2, 0) is 16.4 Å². The Morgan fingerprint density at radius 3 is 2.50 bits per heavy atom. The lowest BCUT2D eigenvalue weighted by Crippen LogP contribution is -2.35. The van der Waals surface area contributed by atoms with Crippen LogP contribution in [0.2, 0.25) is 0 Å². The molecule has 4 aromatic rings. The van der Waals surface area contributed by atoms with Gasteiger partial charge in [-0.15, -0.1) is 0 Å². The van der Waals surface area contributed by atoms with Gasteiger partial charge in [-0.05, 0) is 80.4 Å². The molecule has 40 heavy (non-hydrogen) atoms. The van der Waals surface area contributed by atoms with Crippen LogP contribution < -0.4 is 27.8 Å². The van der Waals surface area contributed by atoms with E-state index in [0.717, 1.165) is 48.3 Å². The van der Waals surface area contributed by atoms with Crippen molar-refractivity contribution in [3.63, 3.8) is 0 Å². The van der Waals surface area contributed by atoms with Crippen LogP contribution in [0.3, 0.4) is 0 Å². The third-order valence-corrected chi connectivity index (χ3v) is 9.35. The minimum absolute atomic E-state index is 0.101. The quantitative estimate of drug-likeness (QED) is 0.110. The van der Waals surface area contributed by atoms with Crippen molar-refractivity contribution in [2.75, 3.05) is 26.2 Å². The van der Waals surface area contributed by atoms with Crippen molar-refractivity contribution >= 4 is 26.8 Å². The van der Waals surface area contributed by atoms with Gasteiger partial charge in [-0.3, -0.25) is 9.56 Å². The van der Waals surface area contributed by atoms with Crippen molar-refractivity contribution in [3.05, 3.63) is 76.8 Å². The normalized spacial score (nSPS) is 14.4. The van der Waals surface area contributed by atoms with Crippen molar-refractivity contribution in [2.45, 2.75) is 36.0 Å². The molecule has 11 nitrogen and oxygen atoms in total. The van der Waals surface area contributed by atoms with Crippen molar-refractivity contribution < 1.29 is 8.42 Å². The van der Waals surface area contributed by atoms with Crippen LogP contribution in [0.15, 0.2) is 75.5 Å². The molecule has 210 valence electrons. The van der Waals surface area contributed by atoms with Crippen LogP contribution in [0, 0.1) is 0 Å². The second-order valence-electron chi connectivity index (χ2n) is 9.90. The predicted octanol–water partition coefficient (Wildman–Crippen LogP) is 1.66. The maximum absolute atomic E-state index is 13.0. The molecule has 7 N–H and O–H groups in total. The average molecular weight is 563 g/mol. The van der Waals surface area contributed by atoms with E-state index in [1.807, 2.05) is 30.3 Å². The highest BCUT2D eigenvalue weighted by atomic mass is 32.2. The van der Waals surface area contributed by atoms with E-state index in [4.69, 9.17) is 11.5 Å². The molecule has 0 atom stereocenters. The Bertz CT molecular complexity index is 1650. The number of aliphatic imine (C=N–C) groups is 1. The van der Waals surface area contributed by atoms with Gasteiger partial charge in [0.15, 0.2) is 15.8 Å². The third kappa shape index (κ3) is 6.24. The number of hydrogen-bond acceptors (Lipinski definition) is 7. The molecule has 3 heterocycles. The number of sulfone groups is 1. The van der Waals surface area contributed by atoms with Crippen molar-refractivity contribution in [2.24, 2.45) is 16.5 Å². The second-order valence-corrected chi connectivity index (χ2v) is 12.1. The lowest BCUT2D eigenvalue weighted by Gasteiger charge is -2.22. The van der Waals surface area contributed by atoms with Crippen LogP contribution in [0.5, 0.6) is 0 Å². The van der Waals surface area contributed by atoms with E-state index in [9.17, 15) is 13.2 Å². The van der Waals surface area contributed by atoms with Crippen molar-refractivity contribution in [1.29, 1.82) is 0 Å². The van der Waals surface area contributed by atoms with Gasteiger partial charge in [0.05, 0.1) is 15.8 Å². The number of aromatic nitrogens is 3. The molecule has 0 spiro atoms. The number of hydrogen-bond donors (Lipinski definition) is 5. The van der Waals surface area contributed by atoms with E-state index >= 15 is 0 Å². The summed E-state index contributed by atoms with van der Waals surface area (Å²) < 4.78 is 27.6. The summed E-state index contributed by atoms with van der Waals surface area (Å²) in [6, 6.07) is 16.5. The van der Waals surface area contributed by atoms with Gasteiger partial charge in [0.2, 0.25) is 0 Å². The lowest BCUT2D eigenvalue weighted by molar-refractivity contribution is 0.496. The molecule has 0 unspecified atom stereocenters. The van der Waals surface area contributed by atoms with Crippen LogP contribution >= 0.6 is 0 Å². The monoisotopic (exact) mass is 562 g/mol. The molecule has 12 heteroatoms. The van der Waals surface area contributed by atoms with Gasteiger partial charge < -0.3 is 27.1 Å². The third-order valence-electron chi connectivity index (χ3n) is 7.08. The number of benzene rings is 2. The summed E-state index contributed by atoms with van der Waals surface area (Å²) in [5.41, 5.74) is 14.1. The van der Waals surface area contributed by atoms with E-state index in [1.165, 1.54) is 4.57 Å². The Balaban J connectivity index is 1.28. The number of nitrogens with zero attached hydrogens (tertiary/aromatic N) is 3. The second kappa shape index (κ2) is 12.0. The molecule has 1 aliphatic rings. The predicted molar refractivity (Wildman–Crippen MR) is 157 cm³/mol. The number of aromatic amines is 1. The SMILES string of the molecule is NC(N)=NCCCNCc1ccc(-n2cc3cc(-c4ccc(S(=O)(=O)C5CCNCC5)cc4)[nH]c3nc2=O)cc1. The summed E-state index contributed by atoms with van der Waals surface area (Å²) in [7, 11) is -3.37. The van der Waals surface area contributed by atoms with Crippen LogP contribution in [0.25, 0.3) is 28.0 Å². The highest BCUT2D eigenvalue weighted by Gasteiger charge is 2.28. The summed E-state index contributed by atoms with van der Waals surface area (Å²) in [4.78, 5) is 24.5. The van der Waals surface area contributed by atoms with E-state index in [0.29, 0.717) is 42.2 Å². The molecule has 0 radical (unpaired) electrons. The van der Waals surface area contributed by atoms with Gasteiger partial charge in [-0.1, -0.05) is 24.3 Å². The Hall–Kier alpha value is -4.00. The van der Waals surface area contributed by atoms with Crippen LogP contribution in [-0.4, -0.2) is 60.3 Å². The first-order valence-electron chi connectivity index (χ1n) is 13.3. The van der Waals surface area contributed by atoms with Crippen molar-refractivity contribution in [3.8, 4) is 16.9 Å². The zero-order valence-corrected chi connectivity index (χ0v) is 23.0. The minimum Gasteiger partial charge on any atom is -0.370 e. The molecule has 2 aromatic heterocycles. The first kappa shape index (κ1) is 27.6. The largest absolute Gasteiger partial charge is 0.370 e. The smallest absolute Gasteiger partial charge is 0.354 e. The molecule has 1 saturated heterocycles. The Kier molecular flexibility index (Phi) is 8.29. The maximum Gasteiger partial charge on any atom is 0.354 e. The molecule has 5 rings (SSSR count). The molecule has 0 saturated carbocycles. The first-order chi connectivity index (χ1) is 19.3. The van der Waals surface area contributed by atoms with E-state index in [-0.39, 0.29) is 11.2 Å². The van der Waals surface area contributed by atoms with E-state index < -0.39 is 15.5 Å². The maximum atomic E-state index is 13.0.